The SMILES string of the molecule is CCNC(C)(CCSc1cccc(Cl)c1)C(N)=O. The Morgan fingerprint density at radius 1 is 1.56 bits per heavy atom. The molecule has 1 aromatic rings. The van der Waals surface area contributed by atoms with Crippen molar-refractivity contribution in [3.8, 4) is 0 Å². The lowest BCUT2D eigenvalue weighted by Crippen LogP contribution is -2.53. The predicted octanol–water partition coefficient (Wildman–Crippen LogP) is 2.68. The molecule has 0 spiro atoms. The fourth-order valence-corrected chi connectivity index (χ4v) is 3.00. The molecule has 1 aromatic carbocycles. The lowest BCUT2D eigenvalue weighted by molar-refractivity contribution is -0.123. The van der Waals surface area contributed by atoms with Gasteiger partial charge in [0.25, 0.3) is 0 Å². The van der Waals surface area contributed by atoms with Gasteiger partial charge in [-0.15, -0.1) is 11.8 Å². The zero-order valence-corrected chi connectivity index (χ0v) is 12.3. The topological polar surface area (TPSA) is 55.1 Å². The fraction of sp³-hybridized carbons (Fsp3) is 0.462. The molecule has 0 bridgehead atoms. The number of nitrogens with one attached hydrogen (secondary N) is 1. The highest BCUT2D eigenvalue weighted by Crippen LogP contribution is 2.24. The summed E-state index contributed by atoms with van der Waals surface area (Å²) in [6.07, 6.45) is 0.688. The van der Waals surface area contributed by atoms with E-state index in [1.54, 1.807) is 11.8 Å². The van der Waals surface area contributed by atoms with E-state index in [1.807, 2.05) is 38.1 Å². The van der Waals surface area contributed by atoms with Gasteiger partial charge in [0.05, 0.1) is 5.54 Å². The van der Waals surface area contributed by atoms with Crippen LogP contribution < -0.4 is 11.1 Å². The molecule has 0 saturated heterocycles. The molecular weight excluding hydrogens is 268 g/mol. The summed E-state index contributed by atoms with van der Waals surface area (Å²) in [6.45, 7) is 4.53. The van der Waals surface area contributed by atoms with Gasteiger partial charge in [-0.05, 0) is 38.1 Å². The highest BCUT2D eigenvalue weighted by atomic mass is 35.5. The average molecular weight is 287 g/mol. The van der Waals surface area contributed by atoms with Crippen LogP contribution in [0.4, 0.5) is 0 Å². The van der Waals surface area contributed by atoms with E-state index in [1.165, 1.54) is 0 Å². The lowest BCUT2D eigenvalue weighted by Gasteiger charge is -2.26. The van der Waals surface area contributed by atoms with Gasteiger partial charge in [0.1, 0.15) is 0 Å². The maximum atomic E-state index is 11.4. The minimum atomic E-state index is -0.639. The van der Waals surface area contributed by atoms with E-state index in [9.17, 15) is 4.79 Å². The molecule has 3 N–H and O–H groups in total. The van der Waals surface area contributed by atoms with Crippen molar-refractivity contribution in [1.82, 2.24) is 5.32 Å². The van der Waals surface area contributed by atoms with Crippen molar-refractivity contribution in [2.24, 2.45) is 5.73 Å². The Morgan fingerprint density at radius 2 is 2.28 bits per heavy atom. The van der Waals surface area contributed by atoms with E-state index < -0.39 is 5.54 Å². The highest BCUT2D eigenvalue weighted by Gasteiger charge is 2.29. The standard InChI is InChI=1S/C13H19ClN2OS/c1-3-16-13(2,12(15)17)7-8-18-11-6-4-5-10(14)9-11/h4-6,9,16H,3,7-8H2,1-2H3,(H2,15,17). The van der Waals surface area contributed by atoms with E-state index in [0.29, 0.717) is 6.42 Å². The predicted molar refractivity (Wildman–Crippen MR) is 78.1 cm³/mol. The molecule has 100 valence electrons. The number of primary amides is 1. The maximum Gasteiger partial charge on any atom is 0.237 e. The number of hydrogen-bond donors (Lipinski definition) is 2. The first kappa shape index (κ1) is 15.3. The molecule has 0 fully saturated rings. The number of rotatable bonds is 7. The summed E-state index contributed by atoms with van der Waals surface area (Å²) in [4.78, 5) is 12.5. The van der Waals surface area contributed by atoms with Gasteiger partial charge in [-0.3, -0.25) is 4.79 Å². The van der Waals surface area contributed by atoms with E-state index in [4.69, 9.17) is 17.3 Å². The molecule has 0 heterocycles. The molecule has 0 aliphatic heterocycles. The number of nitrogens with two attached hydrogens (primary N) is 1. The van der Waals surface area contributed by atoms with Crippen LogP contribution in [0.15, 0.2) is 29.2 Å². The smallest absolute Gasteiger partial charge is 0.237 e. The Labute approximate surface area is 117 Å². The first-order valence-corrected chi connectivity index (χ1v) is 7.27. The average Bonchev–Trinajstić information content (AvgIpc) is 2.29. The second-order valence-corrected chi connectivity index (χ2v) is 5.89. The molecule has 0 saturated carbocycles. The number of hydrogen-bond acceptors (Lipinski definition) is 3. The molecule has 0 radical (unpaired) electrons. The number of carbonyl (C=O) groups excluding carboxylic acids is 1. The van der Waals surface area contributed by atoms with Crippen molar-refractivity contribution in [3.63, 3.8) is 0 Å². The molecule has 3 nitrogen and oxygen atoms in total. The van der Waals surface area contributed by atoms with Gasteiger partial charge in [0, 0.05) is 15.7 Å². The van der Waals surface area contributed by atoms with Gasteiger partial charge in [-0.2, -0.15) is 0 Å². The minimum Gasteiger partial charge on any atom is -0.368 e. The molecular formula is C13H19ClN2OS. The zero-order valence-electron chi connectivity index (χ0n) is 10.7. The summed E-state index contributed by atoms with van der Waals surface area (Å²) in [6, 6.07) is 7.69. The number of carbonyl (C=O) groups is 1. The molecule has 1 amide bonds. The van der Waals surface area contributed by atoms with Gasteiger partial charge in [0.2, 0.25) is 5.91 Å². The summed E-state index contributed by atoms with van der Waals surface area (Å²) >= 11 is 7.59. The third-order valence-electron chi connectivity index (χ3n) is 2.78. The monoisotopic (exact) mass is 286 g/mol. The molecule has 0 aliphatic rings. The van der Waals surface area contributed by atoms with Crippen molar-refractivity contribution in [2.45, 2.75) is 30.7 Å². The van der Waals surface area contributed by atoms with Gasteiger partial charge < -0.3 is 11.1 Å². The Balaban J connectivity index is 2.51. The first-order chi connectivity index (χ1) is 8.48. The molecule has 1 unspecified atom stereocenters. The summed E-state index contributed by atoms with van der Waals surface area (Å²) in [5.41, 5.74) is 4.79. The van der Waals surface area contributed by atoms with Crippen LogP contribution >= 0.6 is 23.4 Å². The summed E-state index contributed by atoms with van der Waals surface area (Å²) in [5, 5.41) is 3.87. The highest BCUT2D eigenvalue weighted by molar-refractivity contribution is 7.99. The van der Waals surface area contributed by atoms with Crippen LogP contribution in [0.25, 0.3) is 0 Å². The Hall–Kier alpha value is -0.710. The summed E-state index contributed by atoms with van der Waals surface area (Å²) < 4.78 is 0. The molecule has 18 heavy (non-hydrogen) atoms. The van der Waals surface area contributed by atoms with Crippen molar-refractivity contribution >= 4 is 29.3 Å². The number of likely N-dealkylation sites (N-methyl/N-ethyl adjacent to an activating group) is 1. The maximum absolute atomic E-state index is 11.4. The number of benzene rings is 1. The van der Waals surface area contributed by atoms with Gasteiger partial charge in [0.15, 0.2) is 0 Å². The minimum absolute atomic E-state index is 0.309. The van der Waals surface area contributed by atoms with Crippen molar-refractivity contribution < 1.29 is 4.79 Å². The first-order valence-electron chi connectivity index (χ1n) is 5.91. The molecule has 0 aliphatic carbocycles. The Kier molecular flexibility index (Phi) is 5.99. The van der Waals surface area contributed by atoms with Crippen LogP contribution in [-0.4, -0.2) is 23.7 Å². The van der Waals surface area contributed by atoms with Gasteiger partial charge in [-0.1, -0.05) is 24.6 Å². The number of thioether (sulfide) groups is 1. The molecule has 1 atom stereocenters. The van der Waals surface area contributed by atoms with Crippen LogP contribution in [0, 0.1) is 0 Å². The summed E-state index contributed by atoms with van der Waals surface area (Å²) in [5.74, 6) is 0.503. The number of halogens is 1. The van der Waals surface area contributed by atoms with Crippen molar-refractivity contribution in [2.75, 3.05) is 12.3 Å². The van der Waals surface area contributed by atoms with E-state index >= 15 is 0 Å². The zero-order chi connectivity index (χ0) is 13.6. The van der Waals surface area contributed by atoms with Crippen LogP contribution in [0.2, 0.25) is 5.02 Å². The van der Waals surface area contributed by atoms with E-state index in [0.717, 1.165) is 22.2 Å². The molecule has 1 rings (SSSR count). The van der Waals surface area contributed by atoms with Crippen LogP contribution in [0.1, 0.15) is 20.3 Å². The lowest BCUT2D eigenvalue weighted by atomic mass is 9.98. The van der Waals surface area contributed by atoms with E-state index in [-0.39, 0.29) is 5.91 Å². The number of amides is 1. The van der Waals surface area contributed by atoms with Crippen LogP contribution in [0.5, 0.6) is 0 Å². The molecule has 0 aromatic heterocycles. The van der Waals surface area contributed by atoms with E-state index in [2.05, 4.69) is 5.32 Å². The summed E-state index contributed by atoms with van der Waals surface area (Å²) in [7, 11) is 0. The van der Waals surface area contributed by atoms with Gasteiger partial charge >= 0.3 is 0 Å². The third-order valence-corrected chi connectivity index (χ3v) is 4.01. The van der Waals surface area contributed by atoms with Crippen molar-refractivity contribution in [1.29, 1.82) is 0 Å². The normalized spacial score (nSPS) is 14.2. The quantitative estimate of drug-likeness (QED) is 0.758. The van der Waals surface area contributed by atoms with Crippen LogP contribution in [-0.2, 0) is 4.79 Å². The second-order valence-electron chi connectivity index (χ2n) is 4.28. The third kappa shape index (κ3) is 4.52. The Bertz CT molecular complexity index is 414. The van der Waals surface area contributed by atoms with Crippen molar-refractivity contribution in [3.05, 3.63) is 29.3 Å². The van der Waals surface area contributed by atoms with Gasteiger partial charge in [-0.25, -0.2) is 0 Å². The van der Waals surface area contributed by atoms with Crippen LogP contribution in [0.3, 0.4) is 0 Å². The second kappa shape index (κ2) is 7.02. The fourth-order valence-electron chi connectivity index (χ4n) is 1.62. The largest absolute Gasteiger partial charge is 0.368 e. The molecule has 5 heteroatoms. The Morgan fingerprint density at radius 3 is 2.83 bits per heavy atom.